The Balaban J connectivity index is 1.69. The first-order chi connectivity index (χ1) is 12.1. The fourth-order valence-electron chi connectivity index (χ4n) is 2.32. The molecule has 5 nitrogen and oxygen atoms in total. The van der Waals surface area contributed by atoms with Crippen molar-refractivity contribution in [3.63, 3.8) is 0 Å². The summed E-state index contributed by atoms with van der Waals surface area (Å²) in [5, 5.41) is 0.857. The van der Waals surface area contributed by atoms with Gasteiger partial charge in [0, 0.05) is 12.6 Å². The minimum absolute atomic E-state index is 0.213. The van der Waals surface area contributed by atoms with Gasteiger partial charge in [-0.05, 0) is 30.7 Å². The Morgan fingerprint density at radius 2 is 2.00 bits per heavy atom. The van der Waals surface area contributed by atoms with Crippen molar-refractivity contribution in [1.82, 2.24) is 9.71 Å². The first kappa shape index (κ1) is 17.8. The van der Waals surface area contributed by atoms with Crippen molar-refractivity contribution >= 4 is 31.6 Å². The predicted molar refractivity (Wildman–Crippen MR) is 100 cm³/mol. The highest BCUT2D eigenvalue weighted by Gasteiger charge is 2.14. The number of aromatic nitrogens is 1. The lowest BCUT2D eigenvalue weighted by Crippen LogP contribution is -2.24. The molecule has 2 aromatic carbocycles. The molecular weight excluding hydrogens is 356 g/mol. The SMILES string of the molecule is CCCCNS(=O)(=O)c1cccc(OCc2nc3ccccc3s2)c1. The van der Waals surface area contributed by atoms with Gasteiger partial charge in [0.1, 0.15) is 17.4 Å². The highest BCUT2D eigenvalue weighted by molar-refractivity contribution is 7.89. The maximum atomic E-state index is 12.3. The Morgan fingerprint density at radius 1 is 1.16 bits per heavy atom. The molecule has 3 aromatic rings. The molecule has 0 radical (unpaired) electrons. The number of hydrogen-bond donors (Lipinski definition) is 1. The molecule has 0 aliphatic carbocycles. The van der Waals surface area contributed by atoms with Gasteiger partial charge in [0.2, 0.25) is 10.0 Å². The van der Waals surface area contributed by atoms with Gasteiger partial charge in [-0.3, -0.25) is 0 Å². The van der Waals surface area contributed by atoms with Gasteiger partial charge < -0.3 is 4.74 Å². The lowest BCUT2D eigenvalue weighted by molar-refractivity contribution is 0.305. The molecule has 0 aliphatic rings. The van der Waals surface area contributed by atoms with Crippen molar-refractivity contribution in [2.75, 3.05) is 6.54 Å². The molecule has 1 N–H and O–H groups in total. The molecule has 0 spiro atoms. The number of thiazole rings is 1. The van der Waals surface area contributed by atoms with Crippen molar-refractivity contribution in [2.24, 2.45) is 0 Å². The first-order valence-corrected chi connectivity index (χ1v) is 10.5. The van der Waals surface area contributed by atoms with Crippen LogP contribution >= 0.6 is 11.3 Å². The molecular formula is C18H20N2O3S2. The van der Waals surface area contributed by atoms with Crippen molar-refractivity contribution < 1.29 is 13.2 Å². The molecule has 3 rings (SSSR count). The summed E-state index contributed by atoms with van der Waals surface area (Å²) in [6, 6.07) is 14.5. The third-order valence-corrected chi connectivity index (χ3v) is 6.11. The highest BCUT2D eigenvalue weighted by Crippen LogP contribution is 2.24. The molecule has 132 valence electrons. The zero-order valence-corrected chi connectivity index (χ0v) is 15.6. The largest absolute Gasteiger partial charge is 0.486 e. The summed E-state index contributed by atoms with van der Waals surface area (Å²) in [6.45, 7) is 2.77. The van der Waals surface area contributed by atoms with Crippen LogP contribution in [0.5, 0.6) is 5.75 Å². The second-order valence-corrected chi connectivity index (χ2v) is 8.47. The third kappa shape index (κ3) is 4.56. The van der Waals surface area contributed by atoms with Crippen molar-refractivity contribution in [3.05, 3.63) is 53.5 Å². The van der Waals surface area contributed by atoms with E-state index in [1.807, 2.05) is 31.2 Å². The van der Waals surface area contributed by atoms with Gasteiger partial charge in [0.05, 0.1) is 15.1 Å². The monoisotopic (exact) mass is 376 g/mol. The number of fused-ring (bicyclic) bond motifs is 1. The molecule has 1 heterocycles. The lowest BCUT2D eigenvalue weighted by atomic mass is 10.3. The minimum atomic E-state index is -3.50. The number of hydrogen-bond acceptors (Lipinski definition) is 5. The fourth-order valence-corrected chi connectivity index (χ4v) is 4.31. The molecule has 0 fully saturated rings. The van der Waals surface area contributed by atoms with E-state index in [-0.39, 0.29) is 4.90 Å². The standard InChI is InChI=1S/C18H20N2O3S2/c1-2-3-11-19-25(21,22)15-8-6-7-14(12-15)23-13-18-20-16-9-4-5-10-17(16)24-18/h4-10,12,19H,2-3,11,13H2,1H3. The van der Waals surface area contributed by atoms with Crippen molar-refractivity contribution in [3.8, 4) is 5.75 Å². The summed E-state index contributed by atoms with van der Waals surface area (Å²) in [6.07, 6.45) is 1.75. The molecule has 0 unspecified atom stereocenters. The molecule has 0 saturated heterocycles. The summed E-state index contributed by atoms with van der Waals surface area (Å²) >= 11 is 1.57. The number of benzene rings is 2. The van der Waals surface area contributed by atoms with Crippen molar-refractivity contribution in [1.29, 1.82) is 0 Å². The molecule has 7 heteroatoms. The van der Waals surface area contributed by atoms with Crippen LogP contribution in [0, 0.1) is 0 Å². The van der Waals surface area contributed by atoms with E-state index >= 15 is 0 Å². The zero-order chi connectivity index (χ0) is 17.7. The average molecular weight is 377 g/mol. The number of para-hydroxylation sites is 1. The van der Waals surface area contributed by atoms with E-state index in [0.29, 0.717) is 18.9 Å². The molecule has 0 bridgehead atoms. The summed E-state index contributed by atoms with van der Waals surface area (Å²) in [5.41, 5.74) is 0.947. The van der Waals surface area contributed by atoms with Crippen LogP contribution < -0.4 is 9.46 Å². The van der Waals surface area contributed by atoms with Crippen LogP contribution in [0.1, 0.15) is 24.8 Å². The number of sulfonamides is 1. The van der Waals surface area contributed by atoms with E-state index < -0.39 is 10.0 Å². The fraction of sp³-hybridized carbons (Fsp3) is 0.278. The quantitative estimate of drug-likeness (QED) is 0.604. The number of unbranched alkanes of at least 4 members (excludes halogenated alkanes) is 1. The summed E-state index contributed by atoms with van der Waals surface area (Å²) in [4.78, 5) is 4.73. The second kappa shape index (κ2) is 7.95. The van der Waals surface area contributed by atoms with Gasteiger partial charge in [-0.1, -0.05) is 31.5 Å². The van der Waals surface area contributed by atoms with E-state index in [1.54, 1.807) is 35.6 Å². The van der Waals surface area contributed by atoms with Crippen LogP contribution in [0.2, 0.25) is 0 Å². The van der Waals surface area contributed by atoms with E-state index in [4.69, 9.17) is 4.74 Å². The van der Waals surface area contributed by atoms with Gasteiger partial charge in [0.25, 0.3) is 0 Å². The van der Waals surface area contributed by atoms with Gasteiger partial charge in [-0.25, -0.2) is 18.1 Å². The Kier molecular flexibility index (Phi) is 5.67. The minimum Gasteiger partial charge on any atom is -0.486 e. The number of nitrogens with one attached hydrogen (secondary N) is 1. The van der Waals surface area contributed by atoms with Gasteiger partial charge in [-0.15, -0.1) is 11.3 Å². The molecule has 0 saturated carbocycles. The number of nitrogens with zero attached hydrogens (tertiary/aromatic N) is 1. The van der Waals surface area contributed by atoms with Gasteiger partial charge in [0.15, 0.2) is 0 Å². The van der Waals surface area contributed by atoms with Crippen LogP contribution in [0.25, 0.3) is 10.2 Å². The molecule has 0 aliphatic heterocycles. The highest BCUT2D eigenvalue weighted by atomic mass is 32.2. The smallest absolute Gasteiger partial charge is 0.240 e. The van der Waals surface area contributed by atoms with Gasteiger partial charge in [-0.2, -0.15) is 0 Å². The molecule has 25 heavy (non-hydrogen) atoms. The maximum absolute atomic E-state index is 12.3. The second-order valence-electron chi connectivity index (χ2n) is 5.59. The number of ether oxygens (including phenoxy) is 1. The van der Waals surface area contributed by atoms with Crippen LogP contribution in [0.4, 0.5) is 0 Å². The first-order valence-electron chi connectivity index (χ1n) is 8.15. The average Bonchev–Trinajstić information content (AvgIpc) is 3.03. The lowest BCUT2D eigenvalue weighted by Gasteiger charge is -2.08. The number of rotatable bonds is 8. The molecule has 1 aromatic heterocycles. The molecule has 0 atom stereocenters. The van der Waals surface area contributed by atoms with E-state index in [2.05, 4.69) is 9.71 Å². The Hall–Kier alpha value is -1.96. The predicted octanol–water partition coefficient (Wildman–Crippen LogP) is 3.95. The van der Waals surface area contributed by atoms with Crippen LogP contribution in [0.15, 0.2) is 53.4 Å². The summed E-state index contributed by atoms with van der Waals surface area (Å²) in [5.74, 6) is 0.512. The Morgan fingerprint density at radius 3 is 2.80 bits per heavy atom. The normalized spacial score (nSPS) is 11.7. The van der Waals surface area contributed by atoms with E-state index in [9.17, 15) is 8.42 Å². The van der Waals surface area contributed by atoms with Crippen LogP contribution in [-0.4, -0.2) is 19.9 Å². The van der Waals surface area contributed by atoms with Crippen molar-refractivity contribution in [2.45, 2.75) is 31.3 Å². The Bertz CT molecular complexity index is 919. The Labute approximate surface area is 151 Å². The van der Waals surface area contributed by atoms with Gasteiger partial charge >= 0.3 is 0 Å². The summed E-state index contributed by atoms with van der Waals surface area (Å²) < 4.78 is 34.0. The summed E-state index contributed by atoms with van der Waals surface area (Å²) in [7, 11) is -3.50. The topological polar surface area (TPSA) is 68.3 Å². The molecule has 0 amide bonds. The third-order valence-electron chi connectivity index (χ3n) is 3.64. The van der Waals surface area contributed by atoms with E-state index in [0.717, 1.165) is 28.1 Å². The van der Waals surface area contributed by atoms with E-state index in [1.165, 1.54) is 0 Å². The van der Waals surface area contributed by atoms with Crippen LogP contribution in [0.3, 0.4) is 0 Å². The maximum Gasteiger partial charge on any atom is 0.240 e. The van der Waals surface area contributed by atoms with Crippen LogP contribution in [-0.2, 0) is 16.6 Å². The zero-order valence-electron chi connectivity index (χ0n) is 13.9.